The Kier molecular flexibility index (Phi) is 6.87. The predicted octanol–water partition coefficient (Wildman–Crippen LogP) is 4.46. The van der Waals surface area contributed by atoms with Crippen LogP contribution in [0.5, 0.6) is 5.75 Å². The number of ether oxygens (including phenoxy) is 1. The first-order valence-corrected chi connectivity index (χ1v) is 11.2. The molecule has 0 spiro atoms. The van der Waals surface area contributed by atoms with Crippen LogP contribution in [-0.2, 0) is 6.54 Å². The number of para-hydroxylation sites is 1. The summed E-state index contributed by atoms with van der Waals surface area (Å²) in [7, 11) is 5.76. The summed E-state index contributed by atoms with van der Waals surface area (Å²) in [4.78, 5) is 11.6. The number of hydrogen-bond acceptors (Lipinski definition) is 6. The van der Waals surface area contributed by atoms with Gasteiger partial charge in [-0.1, -0.05) is 24.3 Å². The number of nitrogens with one attached hydrogen (secondary N) is 2. The molecular weight excluding hydrogens is 386 g/mol. The molecule has 0 amide bonds. The molecule has 164 valence electrons. The van der Waals surface area contributed by atoms with Crippen LogP contribution in [0.3, 0.4) is 0 Å². The number of nitrogens with zero attached hydrogens (tertiary/aromatic N) is 3. The molecule has 0 bridgehead atoms. The first-order valence-electron chi connectivity index (χ1n) is 11.2. The lowest BCUT2D eigenvalue weighted by Gasteiger charge is -2.29. The normalized spacial score (nSPS) is 18.7. The lowest BCUT2D eigenvalue weighted by atomic mass is 9.86. The van der Waals surface area contributed by atoms with Crippen LogP contribution in [0.25, 0.3) is 10.9 Å². The van der Waals surface area contributed by atoms with Crippen molar-refractivity contribution in [1.29, 1.82) is 0 Å². The standard InChI is InChI=1S/C25H33N5O/c1-30(2)24-22-6-4-5-7-23(22)28-25(29-24)27-20-12-8-18(9-13-20)16-26-17-19-10-14-21(31-3)15-11-19/h4-7,10-11,14-15,18,20,26H,8-9,12-13,16-17H2,1-3H3,(H,27,28,29)/t18-,20+. The van der Waals surface area contributed by atoms with Crippen LogP contribution in [0, 0.1) is 5.92 Å². The van der Waals surface area contributed by atoms with E-state index in [1.54, 1.807) is 7.11 Å². The Hall–Kier alpha value is -2.86. The van der Waals surface area contributed by atoms with Crippen LogP contribution >= 0.6 is 0 Å². The molecule has 1 aliphatic rings. The van der Waals surface area contributed by atoms with Gasteiger partial charge in [0.2, 0.25) is 5.95 Å². The van der Waals surface area contributed by atoms with Crippen molar-refractivity contribution < 1.29 is 4.74 Å². The van der Waals surface area contributed by atoms with Crippen LogP contribution in [-0.4, -0.2) is 43.8 Å². The van der Waals surface area contributed by atoms with Gasteiger partial charge in [-0.3, -0.25) is 0 Å². The first kappa shape index (κ1) is 21.4. The van der Waals surface area contributed by atoms with Crippen molar-refractivity contribution in [3.05, 3.63) is 54.1 Å². The summed E-state index contributed by atoms with van der Waals surface area (Å²) in [5.41, 5.74) is 2.28. The predicted molar refractivity (Wildman–Crippen MR) is 128 cm³/mol. The minimum absolute atomic E-state index is 0.439. The summed E-state index contributed by atoms with van der Waals surface area (Å²) in [5, 5.41) is 8.31. The van der Waals surface area contributed by atoms with Crippen molar-refractivity contribution in [3.63, 3.8) is 0 Å². The molecule has 1 heterocycles. The Bertz CT molecular complexity index is 981. The van der Waals surface area contributed by atoms with E-state index < -0.39 is 0 Å². The molecular formula is C25H33N5O. The molecule has 1 aromatic heterocycles. The first-order chi connectivity index (χ1) is 15.1. The van der Waals surface area contributed by atoms with E-state index in [1.165, 1.54) is 18.4 Å². The van der Waals surface area contributed by atoms with E-state index in [9.17, 15) is 0 Å². The van der Waals surface area contributed by atoms with E-state index in [1.807, 2.05) is 38.4 Å². The zero-order chi connectivity index (χ0) is 21.6. The van der Waals surface area contributed by atoms with Crippen LogP contribution in [0.15, 0.2) is 48.5 Å². The fourth-order valence-electron chi connectivity index (χ4n) is 4.32. The fraction of sp³-hybridized carbons (Fsp3) is 0.440. The minimum Gasteiger partial charge on any atom is -0.497 e. The SMILES string of the molecule is COc1ccc(CNC[C@H]2CC[C@@H](Nc3nc(N(C)C)c4ccccc4n3)CC2)cc1. The van der Waals surface area contributed by atoms with Gasteiger partial charge in [-0.25, -0.2) is 4.98 Å². The Morgan fingerprint density at radius 1 is 0.968 bits per heavy atom. The molecule has 1 aliphatic carbocycles. The number of methoxy groups -OCH3 is 1. The summed E-state index contributed by atoms with van der Waals surface area (Å²) in [6.45, 7) is 1.97. The number of anilines is 2. The van der Waals surface area contributed by atoms with Crippen LogP contribution in [0.2, 0.25) is 0 Å². The van der Waals surface area contributed by atoms with E-state index in [-0.39, 0.29) is 0 Å². The molecule has 1 saturated carbocycles. The van der Waals surface area contributed by atoms with Crippen LogP contribution < -0.4 is 20.3 Å². The Labute approximate surface area is 185 Å². The van der Waals surface area contributed by atoms with Crippen LogP contribution in [0.1, 0.15) is 31.2 Å². The molecule has 6 nitrogen and oxygen atoms in total. The minimum atomic E-state index is 0.439. The third-order valence-corrected chi connectivity index (χ3v) is 6.11. The topological polar surface area (TPSA) is 62.3 Å². The largest absolute Gasteiger partial charge is 0.497 e. The van der Waals surface area contributed by atoms with Gasteiger partial charge in [-0.05, 0) is 68.0 Å². The third-order valence-electron chi connectivity index (χ3n) is 6.11. The van der Waals surface area contributed by atoms with Crippen molar-refractivity contribution in [2.24, 2.45) is 5.92 Å². The Morgan fingerprint density at radius 3 is 2.42 bits per heavy atom. The number of hydrogen-bond donors (Lipinski definition) is 2. The van der Waals surface area contributed by atoms with Gasteiger partial charge in [0.25, 0.3) is 0 Å². The highest BCUT2D eigenvalue weighted by molar-refractivity contribution is 5.90. The average Bonchev–Trinajstić information content (AvgIpc) is 2.80. The molecule has 0 unspecified atom stereocenters. The zero-order valence-electron chi connectivity index (χ0n) is 18.8. The zero-order valence-corrected chi connectivity index (χ0v) is 18.8. The second-order valence-corrected chi connectivity index (χ2v) is 8.62. The summed E-state index contributed by atoms with van der Waals surface area (Å²) >= 11 is 0. The smallest absolute Gasteiger partial charge is 0.225 e. The van der Waals surface area contributed by atoms with Gasteiger partial charge in [0.05, 0.1) is 12.6 Å². The van der Waals surface area contributed by atoms with Gasteiger partial charge in [0, 0.05) is 32.1 Å². The number of rotatable bonds is 8. The molecule has 1 fully saturated rings. The molecule has 0 atom stereocenters. The van der Waals surface area contributed by atoms with Gasteiger partial charge >= 0.3 is 0 Å². The van der Waals surface area contributed by atoms with Crippen molar-refractivity contribution in [1.82, 2.24) is 15.3 Å². The van der Waals surface area contributed by atoms with E-state index >= 15 is 0 Å². The third kappa shape index (κ3) is 5.44. The van der Waals surface area contributed by atoms with Crippen molar-refractivity contribution in [3.8, 4) is 5.75 Å². The summed E-state index contributed by atoms with van der Waals surface area (Å²) < 4.78 is 5.22. The molecule has 3 aromatic rings. The molecule has 2 N–H and O–H groups in total. The number of benzene rings is 2. The Balaban J connectivity index is 1.27. The highest BCUT2D eigenvalue weighted by atomic mass is 16.5. The van der Waals surface area contributed by atoms with Gasteiger partial charge < -0.3 is 20.3 Å². The molecule has 6 heteroatoms. The molecule has 31 heavy (non-hydrogen) atoms. The van der Waals surface area contributed by atoms with Crippen molar-refractivity contribution in [2.45, 2.75) is 38.3 Å². The van der Waals surface area contributed by atoms with Crippen LogP contribution in [0.4, 0.5) is 11.8 Å². The molecule has 0 radical (unpaired) electrons. The second kappa shape index (κ2) is 9.96. The summed E-state index contributed by atoms with van der Waals surface area (Å²) in [6.07, 6.45) is 4.76. The summed E-state index contributed by atoms with van der Waals surface area (Å²) in [6, 6.07) is 16.9. The maximum Gasteiger partial charge on any atom is 0.225 e. The monoisotopic (exact) mass is 419 g/mol. The molecule has 4 rings (SSSR count). The van der Waals surface area contributed by atoms with Gasteiger partial charge in [-0.2, -0.15) is 4.98 Å². The molecule has 2 aromatic carbocycles. The number of aromatic nitrogens is 2. The lowest BCUT2D eigenvalue weighted by molar-refractivity contribution is 0.324. The maximum atomic E-state index is 5.22. The number of fused-ring (bicyclic) bond motifs is 1. The van der Waals surface area contributed by atoms with E-state index in [4.69, 9.17) is 14.7 Å². The van der Waals surface area contributed by atoms with Gasteiger partial charge in [0.1, 0.15) is 11.6 Å². The lowest BCUT2D eigenvalue weighted by Crippen LogP contribution is -2.31. The van der Waals surface area contributed by atoms with Gasteiger partial charge in [0.15, 0.2) is 0 Å². The second-order valence-electron chi connectivity index (χ2n) is 8.62. The van der Waals surface area contributed by atoms with Crippen molar-refractivity contribution in [2.75, 3.05) is 38.0 Å². The highest BCUT2D eigenvalue weighted by Gasteiger charge is 2.22. The highest BCUT2D eigenvalue weighted by Crippen LogP contribution is 2.28. The van der Waals surface area contributed by atoms with E-state index in [0.29, 0.717) is 6.04 Å². The Morgan fingerprint density at radius 2 is 1.71 bits per heavy atom. The fourth-order valence-corrected chi connectivity index (χ4v) is 4.32. The summed E-state index contributed by atoms with van der Waals surface area (Å²) in [5.74, 6) is 3.34. The molecule has 0 saturated heterocycles. The maximum absolute atomic E-state index is 5.22. The van der Waals surface area contributed by atoms with Crippen molar-refractivity contribution >= 4 is 22.7 Å². The van der Waals surface area contributed by atoms with E-state index in [2.05, 4.69) is 39.8 Å². The van der Waals surface area contributed by atoms with E-state index in [0.717, 1.165) is 60.3 Å². The average molecular weight is 420 g/mol. The quantitative estimate of drug-likeness (QED) is 0.562. The van der Waals surface area contributed by atoms with Gasteiger partial charge in [-0.15, -0.1) is 0 Å². The molecule has 0 aliphatic heterocycles.